The van der Waals surface area contributed by atoms with E-state index in [0.717, 1.165) is 5.56 Å². The predicted molar refractivity (Wildman–Crippen MR) is 88.8 cm³/mol. The molecule has 8 heteroatoms. The Kier molecular flexibility index (Phi) is 3.75. The van der Waals surface area contributed by atoms with Gasteiger partial charge >= 0.3 is 5.69 Å². The van der Waals surface area contributed by atoms with Crippen LogP contribution in [0.1, 0.15) is 24.1 Å². The number of aromatic amines is 2. The minimum Gasteiger partial charge on any atom is -0.373 e. The molecule has 2 aromatic carbocycles. The third kappa shape index (κ3) is 2.83. The van der Waals surface area contributed by atoms with Crippen LogP contribution in [0, 0.1) is 21.4 Å². The minimum absolute atomic E-state index is 0.156. The zero-order valence-electron chi connectivity index (χ0n) is 12.7. The summed E-state index contributed by atoms with van der Waals surface area (Å²) in [6.45, 7) is 1.86. The molecule has 1 atom stereocenters. The molecule has 3 rings (SSSR count). The highest BCUT2D eigenvalue weighted by Gasteiger charge is 2.17. The number of fused-ring (bicyclic) bond motifs is 1. The Morgan fingerprint density at radius 1 is 1.21 bits per heavy atom. The van der Waals surface area contributed by atoms with Crippen LogP contribution in [-0.4, -0.2) is 14.9 Å². The molecule has 0 bridgehead atoms. The van der Waals surface area contributed by atoms with Crippen LogP contribution in [0.15, 0.2) is 41.2 Å². The average molecular weight is 323 g/mol. The summed E-state index contributed by atoms with van der Waals surface area (Å²) in [7, 11) is 0. The highest BCUT2D eigenvalue weighted by Crippen LogP contribution is 2.29. The second kappa shape index (κ2) is 5.89. The fraction of sp³-hybridized carbons (Fsp3) is 0.125. The standard InChI is InChI=1S/C16H13N5O3/c1-9(11-3-5-12-14(7-11)20-16(22)19-12)18-13-4-2-10(8-17)6-15(13)21(23)24/h2-7,9,18H,1H3,(H2,19,20,22)/t9-/m1/s1. The maximum Gasteiger partial charge on any atom is 0.323 e. The summed E-state index contributed by atoms with van der Waals surface area (Å²) >= 11 is 0. The van der Waals surface area contributed by atoms with Crippen molar-refractivity contribution in [1.82, 2.24) is 9.97 Å². The largest absolute Gasteiger partial charge is 0.373 e. The van der Waals surface area contributed by atoms with Crippen LogP contribution in [0.2, 0.25) is 0 Å². The number of hydrogen-bond donors (Lipinski definition) is 3. The summed E-state index contributed by atoms with van der Waals surface area (Å²) in [5, 5.41) is 23.1. The molecule has 8 nitrogen and oxygen atoms in total. The van der Waals surface area contributed by atoms with Gasteiger partial charge in [0.1, 0.15) is 5.69 Å². The van der Waals surface area contributed by atoms with Crippen LogP contribution in [0.4, 0.5) is 11.4 Å². The first kappa shape index (κ1) is 15.3. The first-order valence-corrected chi connectivity index (χ1v) is 7.15. The molecule has 0 aliphatic carbocycles. The van der Waals surface area contributed by atoms with E-state index in [4.69, 9.17) is 5.26 Å². The lowest BCUT2D eigenvalue weighted by molar-refractivity contribution is -0.384. The third-order valence-corrected chi connectivity index (χ3v) is 3.74. The summed E-state index contributed by atoms with van der Waals surface area (Å²) in [6.07, 6.45) is 0. The maximum absolute atomic E-state index is 11.3. The Bertz CT molecular complexity index is 1030. The first-order valence-electron chi connectivity index (χ1n) is 7.15. The smallest absolute Gasteiger partial charge is 0.323 e. The number of anilines is 1. The summed E-state index contributed by atoms with van der Waals surface area (Å²) in [5.41, 5.74) is 2.33. The van der Waals surface area contributed by atoms with E-state index < -0.39 is 4.92 Å². The van der Waals surface area contributed by atoms with Crippen molar-refractivity contribution >= 4 is 22.4 Å². The van der Waals surface area contributed by atoms with E-state index in [0.29, 0.717) is 16.7 Å². The summed E-state index contributed by atoms with van der Waals surface area (Å²) in [4.78, 5) is 27.3. The molecular weight excluding hydrogens is 310 g/mol. The number of rotatable bonds is 4. The Morgan fingerprint density at radius 2 is 1.96 bits per heavy atom. The molecule has 0 saturated carbocycles. The van der Waals surface area contributed by atoms with Crippen LogP contribution < -0.4 is 11.0 Å². The van der Waals surface area contributed by atoms with Gasteiger partial charge in [-0.15, -0.1) is 0 Å². The second-order valence-electron chi connectivity index (χ2n) is 5.35. The topological polar surface area (TPSA) is 128 Å². The van der Waals surface area contributed by atoms with Crippen molar-refractivity contribution in [3.05, 3.63) is 68.1 Å². The number of aromatic nitrogens is 2. The van der Waals surface area contributed by atoms with Crippen molar-refractivity contribution in [1.29, 1.82) is 5.26 Å². The molecule has 0 spiro atoms. The fourth-order valence-electron chi connectivity index (χ4n) is 2.51. The molecule has 0 aliphatic heterocycles. The Balaban J connectivity index is 1.93. The first-order chi connectivity index (χ1) is 11.5. The van der Waals surface area contributed by atoms with Crippen molar-refractivity contribution in [2.75, 3.05) is 5.32 Å². The number of nitro groups is 1. The normalized spacial score (nSPS) is 11.8. The molecule has 0 fully saturated rings. The molecule has 0 unspecified atom stereocenters. The van der Waals surface area contributed by atoms with Gasteiger partial charge in [-0.3, -0.25) is 10.1 Å². The van der Waals surface area contributed by atoms with Gasteiger partial charge < -0.3 is 15.3 Å². The zero-order valence-corrected chi connectivity index (χ0v) is 12.7. The van der Waals surface area contributed by atoms with E-state index in [2.05, 4.69) is 15.3 Å². The van der Waals surface area contributed by atoms with Crippen molar-refractivity contribution in [2.24, 2.45) is 0 Å². The summed E-state index contributed by atoms with van der Waals surface area (Å²) in [6, 6.07) is 11.3. The fourth-order valence-corrected chi connectivity index (χ4v) is 2.51. The number of hydrogen-bond acceptors (Lipinski definition) is 5. The van der Waals surface area contributed by atoms with E-state index in [1.807, 2.05) is 19.1 Å². The van der Waals surface area contributed by atoms with Gasteiger partial charge in [0.2, 0.25) is 0 Å². The number of nitrogens with one attached hydrogen (secondary N) is 3. The van der Waals surface area contributed by atoms with Crippen LogP contribution in [-0.2, 0) is 0 Å². The van der Waals surface area contributed by atoms with Crippen LogP contribution in [0.5, 0.6) is 0 Å². The van der Waals surface area contributed by atoms with Gasteiger partial charge in [0.15, 0.2) is 0 Å². The monoisotopic (exact) mass is 323 g/mol. The van der Waals surface area contributed by atoms with Gasteiger partial charge in [0.05, 0.1) is 27.6 Å². The van der Waals surface area contributed by atoms with Gasteiger partial charge in [-0.25, -0.2) is 4.79 Å². The molecule has 120 valence electrons. The molecular formula is C16H13N5O3. The summed E-state index contributed by atoms with van der Waals surface area (Å²) < 4.78 is 0. The molecule has 1 aromatic heterocycles. The number of nitriles is 1. The SMILES string of the molecule is C[C@@H](Nc1ccc(C#N)cc1[N+](=O)[O-])c1ccc2[nH]c(=O)[nH]c2c1. The molecule has 0 amide bonds. The molecule has 24 heavy (non-hydrogen) atoms. The molecule has 3 N–H and O–H groups in total. The number of benzene rings is 2. The molecule has 0 aliphatic rings. The zero-order chi connectivity index (χ0) is 17.3. The Labute approximate surface area is 135 Å². The van der Waals surface area contributed by atoms with Crippen LogP contribution >= 0.6 is 0 Å². The maximum atomic E-state index is 11.3. The van der Waals surface area contributed by atoms with E-state index in [-0.39, 0.29) is 23.0 Å². The van der Waals surface area contributed by atoms with Crippen LogP contribution in [0.3, 0.4) is 0 Å². The quantitative estimate of drug-likeness (QED) is 0.502. The van der Waals surface area contributed by atoms with Crippen molar-refractivity contribution < 1.29 is 4.92 Å². The Hall–Kier alpha value is -3.60. The second-order valence-corrected chi connectivity index (χ2v) is 5.35. The van der Waals surface area contributed by atoms with E-state index in [9.17, 15) is 14.9 Å². The minimum atomic E-state index is -0.525. The third-order valence-electron chi connectivity index (χ3n) is 3.74. The lowest BCUT2D eigenvalue weighted by atomic mass is 10.1. The number of imidazole rings is 1. The Morgan fingerprint density at radius 3 is 2.67 bits per heavy atom. The van der Waals surface area contributed by atoms with Crippen molar-refractivity contribution in [3.8, 4) is 6.07 Å². The predicted octanol–water partition coefficient (Wildman–Crippen LogP) is 2.81. The van der Waals surface area contributed by atoms with Gasteiger partial charge in [0, 0.05) is 12.1 Å². The van der Waals surface area contributed by atoms with Gasteiger partial charge in [0.25, 0.3) is 5.69 Å². The van der Waals surface area contributed by atoms with Gasteiger partial charge in [-0.05, 0) is 36.8 Å². The number of H-pyrrole nitrogens is 2. The molecule has 1 heterocycles. The number of nitro benzene ring substituents is 1. The van der Waals surface area contributed by atoms with E-state index >= 15 is 0 Å². The highest BCUT2D eigenvalue weighted by atomic mass is 16.6. The van der Waals surface area contributed by atoms with Crippen molar-refractivity contribution in [3.63, 3.8) is 0 Å². The van der Waals surface area contributed by atoms with Crippen LogP contribution in [0.25, 0.3) is 11.0 Å². The molecule has 0 radical (unpaired) electrons. The highest BCUT2D eigenvalue weighted by molar-refractivity contribution is 5.75. The van der Waals surface area contributed by atoms with Gasteiger partial charge in [-0.2, -0.15) is 5.26 Å². The lowest BCUT2D eigenvalue weighted by Crippen LogP contribution is -2.08. The number of nitrogens with zero attached hydrogens (tertiary/aromatic N) is 2. The molecule has 0 saturated heterocycles. The van der Waals surface area contributed by atoms with E-state index in [1.54, 1.807) is 12.1 Å². The summed E-state index contributed by atoms with van der Waals surface area (Å²) in [5.74, 6) is 0. The average Bonchev–Trinajstić information content (AvgIpc) is 2.93. The van der Waals surface area contributed by atoms with Gasteiger partial charge in [-0.1, -0.05) is 6.07 Å². The molecule has 3 aromatic rings. The lowest BCUT2D eigenvalue weighted by Gasteiger charge is -2.16. The van der Waals surface area contributed by atoms with E-state index in [1.165, 1.54) is 18.2 Å². The van der Waals surface area contributed by atoms with Crippen molar-refractivity contribution in [2.45, 2.75) is 13.0 Å².